The van der Waals surface area contributed by atoms with Crippen molar-refractivity contribution in [1.29, 1.82) is 0 Å². The maximum absolute atomic E-state index is 13.0. The zero-order chi connectivity index (χ0) is 24.5. The summed E-state index contributed by atoms with van der Waals surface area (Å²) in [5.74, 6) is -0.252. The minimum Gasteiger partial charge on any atom is -0.492 e. The largest absolute Gasteiger partial charge is 0.492 e. The summed E-state index contributed by atoms with van der Waals surface area (Å²) in [6.45, 7) is 5.43. The van der Waals surface area contributed by atoms with Crippen molar-refractivity contribution in [1.82, 2.24) is 0 Å². The summed E-state index contributed by atoms with van der Waals surface area (Å²) in [5, 5.41) is 11.2. The van der Waals surface area contributed by atoms with Gasteiger partial charge in [0.2, 0.25) is 6.04 Å². The number of methoxy groups -OCH3 is 2. The zero-order valence-electron chi connectivity index (χ0n) is 18.9. The number of benzene rings is 2. The Morgan fingerprint density at radius 1 is 0.939 bits per heavy atom. The minimum absolute atomic E-state index is 0.198. The van der Waals surface area contributed by atoms with E-state index in [0.717, 1.165) is 0 Å². The highest BCUT2D eigenvalue weighted by molar-refractivity contribution is 6.33. The molecule has 0 radical (unpaired) electrons. The summed E-state index contributed by atoms with van der Waals surface area (Å²) in [5.41, 5.74) is 0.425. The van der Waals surface area contributed by atoms with Crippen LogP contribution in [-0.4, -0.2) is 45.2 Å². The Balaban J connectivity index is 2.42. The molecule has 2 aromatic rings. The maximum atomic E-state index is 13.0. The van der Waals surface area contributed by atoms with Crippen molar-refractivity contribution >= 4 is 46.3 Å². The third-order valence-electron chi connectivity index (χ3n) is 4.27. The molecule has 0 aromatic heterocycles. The summed E-state index contributed by atoms with van der Waals surface area (Å²) in [6.07, 6.45) is 0. The molecular formula is C22H25Cl2N3O6. The van der Waals surface area contributed by atoms with Gasteiger partial charge in [-0.15, -0.1) is 0 Å². The molecule has 2 aromatic carbocycles. The normalized spacial score (nSPS) is 11.7. The fourth-order valence-electron chi connectivity index (χ4n) is 2.84. The van der Waals surface area contributed by atoms with Gasteiger partial charge < -0.3 is 24.3 Å². The van der Waals surface area contributed by atoms with Gasteiger partial charge in [0.15, 0.2) is 23.0 Å². The second-order valence-corrected chi connectivity index (χ2v) is 7.28. The Labute approximate surface area is 202 Å². The lowest BCUT2D eigenvalue weighted by molar-refractivity contribution is -0.126. The topological polar surface area (TPSA) is 108 Å². The molecule has 0 heterocycles. The van der Waals surface area contributed by atoms with Gasteiger partial charge in [0.1, 0.15) is 17.1 Å². The predicted molar refractivity (Wildman–Crippen MR) is 126 cm³/mol. The Hall–Kier alpha value is -3.04. The molecule has 9 nitrogen and oxygen atoms in total. The SMILES string of the molecule is CCOc1ccc(Cl)c(OCC)c1NC(=O)C(N=Nc1ccc(Cl)c(OC)c1OC)C(C)=O. The number of ketones is 1. The van der Waals surface area contributed by atoms with Crippen molar-refractivity contribution in [3.63, 3.8) is 0 Å². The average molecular weight is 498 g/mol. The van der Waals surface area contributed by atoms with Crippen LogP contribution in [0.15, 0.2) is 34.5 Å². The molecule has 11 heteroatoms. The van der Waals surface area contributed by atoms with Gasteiger partial charge in [0.25, 0.3) is 5.91 Å². The van der Waals surface area contributed by atoms with Crippen molar-refractivity contribution in [3.8, 4) is 23.0 Å². The lowest BCUT2D eigenvalue weighted by Gasteiger charge is -2.18. The number of Topliss-reactive ketones (excluding diaryl/α,β-unsaturated/α-hetero) is 1. The zero-order valence-corrected chi connectivity index (χ0v) is 20.4. The Kier molecular flexibility index (Phi) is 9.74. The Bertz CT molecular complexity index is 1050. The van der Waals surface area contributed by atoms with E-state index in [0.29, 0.717) is 24.0 Å². The number of halogens is 2. The first-order chi connectivity index (χ1) is 15.8. The number of ether oxygens (including phenoxy) is 4. The molecule has 2 rings (SSSR count). The molecule has 1 N–H and O–H groups in total. The second kappa shape index (κ2) is 12.3. The van der Waals surface area contributed by atoms with Crippen LogP contribution in [0.5, 0.6) is 23.0 Å². The van der Waals surface area contributed by atoms with Crippen LogP contribution in [0.4, 0.5) is 11.4 Å². The maximum Gasteiger partial charge on any atom is 0.259 e. The van der Waals surface area contributed by atoms with E-state index >= 15 is 0 Å². The first-order valence-corrected chi connectivity index (χ1v) is 10.7. The van der Waals surface area contributed by atoms with E-state index in [1.807, 2.05) is 0 Å². The number of hydrogen-bond acceptors (Lipinski definition) is 8. The highest BCUT2D eigenvalue weighted by Crippen LogP contribution is 2.43. The number of hydrogen-bond donors (Lipinski definition) is 1. The van der Waals surface area contributed by atoms with Crippen LogP contribution in [0.1, 0.15) is 20.8 Å². The third-order valence-corrected chi connectivity index (χ3v) is 4.87. The molecule has 0 saturated carbocycles. The van der Waals surface area contributed by atoms with Gasteiger partial charge in [-0.05, 0) is 45.0 Å². The van der Waals surface area contributed by atoms with Crippen LogP contribution in [0.25, 0.3) is 0 Å². The number of carbonyl (C=O) groups excluding carboxylic acids is 2. The van der Waals surface area contributed by atoms with Crippen LogP contribution in [0, 0.1) is 0 Å². The summed E-state index contributed by atoms with van der Waals surface area (Å²) in [7, 11) is 2.83. The number of nitrogens with zero attached hydrogens (tertiary/aromatic N) is 2. The average Bonchev–Trinajstić information content (AvgIpc) is 2.78. The van der Waals surface area contributed by atoms with Gasteiger partial charge in [-0.2, -0.15) is 10.2 Å². The molecular weight excluding hydrogens is 473 g/mol. The van der Waals surface area contributed by atoms with Crippen LogP contribution in [-0.2, 0) is 9.59 Å². The highest BCUT2D eigenvalue weighted by atomic mass is 35.5. The van der Waals surface area contributed by atoms with Crippen LogP contribution >= 0.6 is 23.2 Å². The van der Waals surface area contributed by atoms with Crippen molar-refractivity contribution in [2.75, 3.05) is 32.8 Å². The number of nitrogens with one attached hydrogen (secondary N) is 1. The number of anilines is 1. The first-order valence-electron chi connectivity index (χ1n) is 9.99. The summed E-state index contributed by atoms with van der Waals surface area (Å²) >= 11 is 12.3. The molecule has 0 aliphatic rings. The van der Waals surface area contributed by atoms with Gasteiger partial charge >= 0.3 is 0 Å². The van der Waals surface area contributed by atoms with Crippen molar-refractivity contribution in [2.24, 2.45) is 10.2 Å². The van der Waals surface area contributed by atoms with Gasteiger partial charge in [-0.3, -0.25) is 9.59 Å². The number of carbonyl (C=O) groups is 2. The molecule has 1 unspecified atom stereocenters. The third kappa shape index (κ3) is 6.27. The molecule has 0 bridgehead atoms. The summed E-state index contributed by atoms with van der Waals surface area (Å²) in [4.78, 5) is 25.3. The van der Waals surface area contributed by atoms with Crippen LogP contribution in [0.3, 0.4) is 0 Å². The van der Waals surface area contributed by atoms with Crippen molar-refractivity contribution < 1.29 is 28.5 Å². The number of rotatable bonds is 11. The fraction of sp³-hybridized carbons (Fsp3) is 0.364. The Morgan fingerprint density at radius 2 is 1.55 bits per heavy atom. The van der Waals surface area contributed by atoms with E-state index in [1.165, 1.54) is 33.3 Å². The Morgan fingerprint density at radius 3 is 2.12 bits per heavy atom. The van der Waals surface area contributed by atoms with E-state index in [9.17, 15) is 9.59 Å². The van der Waals surface area contributed by atoms with E-state index in [4.69, 9.17) is 42.1 Å². The van der Waals surface area contributed by atoms with Gasteiger partial charge in [0.05, 0.1) is 37.5 Å². The molecule has 1 atom stereocenters. The number of amides is 1. The standard InChI is InChI=1S/C22H25Cl2N3O6/c1-6-32-16-11-9-13(23)19(33-7-2)18(16)25-22(29)17(12(3)28)27-26-15-10-8-14(24)20(30-4)21(15)31-5/h8-11,17H,6-7H2,1-5H3,(H,25,29). The van der Waals surface area contributed by atoms with Crippen molar-refractivity contribution in [2.45, 2.75) is 26.8 Å². The smallest absolute Gasteiger partial charge is 0.259 e. The molecule has 0 aliphatic carbocycles. The summed E-state index contributed by atoms with van der Waals surface area (Å²) < 4.78 is 21.7. The first kappa shape index (κ1) is 26.2. The molecule has 33 heavy (non-hydrogen) atoms. The van der Waals surface area contributed by atoms with Crippen molar-refractivity contribution in [3.05, 3.63) is 34.3 Å². The van der Waals surface area contributed by atoms with E-state index in [1.54, 1.807) is 26.0 Å². The van der Waals surface area contributed by atoms with Gasteiger partial charge in [-0.1, -0.05) is 23.2 Å². The fourth-order valence-corrected chi connectivity index (χ4v) is 3.28. The molecule has 0 aliphatic heterocycles. The van der Waals surface area contributed by atoms with E-state index in [2.05, 4.69) is 15.5 Å². The highest BCUT2D eigenvalue weighted by Gasteiger charge is 2.27. The second-order valence-electron chi connectivity index (χ2n) is 6.47. The molecule has 1 amide bonds. The van der Waals surface area contributed by atoms with Gasteiger partial charge in [0, 0.05) is 0 Å². The molecule has 178 valence electrons. The molecule has 0 saturated heterocycles. The van der Waals surface area contributed by atoms with Crippen LogP contribution < -0.4 is 24.3 Å². The van der Waals surface area contributed by atoms with E-state index in [-0.39, 0.29) is 33.6 Å². The minimum atomic E-state index is -1.46. The predicted octanol–water partition coefficient (Wildman–Crippen LogP) is 5.49. The van der Waals surface area contributed by atoms with Crippen LogP contribution in [0.2, 0.25) is 10.0 Å². The monoisotopic (exact) mass is 497 g/mol. The van der Waals surface area contributed by atoms with Gasteiger partial charge in [-0.25, -0.2) is 0 Å². The lowest BCUT2D eigenvalue weighted by Crippen LogP contribution is -2.32. The molecule has 0 fully saturated rings. The molecule has 0 spiro atoms. The quantitative estimate of drug-likeness (QED) is 0.324. The van der Waals surface area contributed by atoms with E-state index < -0.39 is 17.7 Å². The number of azo groups is 1. The summed E-state index contributed by atoms with van der Waals surface area (Å²) in [6, 6.07) is 4.79. The lowest BCUT2D eigenvalue weighted by atomic mass is 10.2.